The van der Waals surface area contributed by atoms with Crippen molar-refractivity contribution in [3.8, 4) is 0 Å². The summed E-state index contributed by atoms with van der Waals surface area (Å²) in [6, 6.07) is 0. The molecule has 1 amide bonds. The average molecular weight is 308 g/mol. The lowest BCUT2D eigenvalue weighted by atomic mass is 9.82. The monoisotopic (exact) mass is 308 g/mol. The van der Waals surface area contributed by atoms with Crippen LogP contribution < -0.4 is 5.32 Å². The minimum atomic E-state index is -0.442. The van der Waals surface area contributed by atoms with Gasteiger partial charge in [0.15, 0.2) is 0 Å². The Hall–Kier alpha value is -1.56. The second kappa shape index (κ2) is 6.69. The highest BCUT2D eigenvalue weighted by atomic mass is 16.6. The maximum absolute atomic E-state index is 12.2. The number of ether oxygens (including phenoxy) is 1. The third-order valence-corrected chi connectivity index (χ3v) is 3.83. The van der Waals surface area contributed by atoms with Crippen LogP contribution in [0.4, 0.5) is 4.79 Å². The van der Waals surface area contributed by atoms with Crippen molar-refractivity contribution in [1.29, 1.82) is 0 Å². The van der Waals surface area contributed by atoms with E-state index in [2.05, 4.69) is 22.2 Å². The van der Waals surface area contributed by atoms with Crippen LogP contribution >= 0.6 is 0 Å². The van der Waals surface area contributed by atoms with E-state index in [9.17, 15) is 4.79 Å². The number of nitrogens with zero attached hydrogens (tertiary/aromatic N) is 2. The Morgan fingerprint density at radius 2 is 2.32 bits per heavy atom. The van der Waals surface area contributed by atoms with Crippen LogP contribution in [0, 0.1) is 5.41 Å². The predicted molar refractivity (Wildman–Crippen MR) is 85.4 cm³/mol. The van der Waals surface area contributed by atoms with Crippen LogP contribution in [0.1, 0.15) is 46.4 Å². The number of amides is 1. The van der Waals surface area contributed by atoms with E-state index in [-0.39, 0.29) is 11.5 Å². The van der Waals surface area contributed by atoms with Gasteiger partial charge < -0.3 is 19.9 Å². The molecule has 1 atom stereocenters. The third-order valence-electron chi connectivity index (χ3n) is 3.83. The third kappa shape index (κ3) is 5.02. The van der Waals surface area contributed by atoms with E-state index in [4.69, 9.17) is 4.74 Å². The van der Waals surface area contributed by atoms with Crippen molar-refractivity contribution >= 4 is 6.09 Å². The number of piperidine rings is 1. The fourth-order valence-corrected chi connectivity index (χ4v) is 2.82. The second-order valence-corrected chi connectivity index (χ2v) is 7.46. The fourth-order valence-electron chi connectivity index (χ4n) is 2.82. The van der Waals surface area contributed by atoms with Crippen molar-refractivity contribution in [2.45, 2.75) is 52.7 Å². The molecule has 2 N–H and O–H groups in total. The maximum Gasteiger partial charge on any atom is 0.410 e. The number of nitrogens with one attached hydrogen (secondary N) is 2. The molecule has 2 rings (SSSR count). The van der Waals surface area contributed by atoms with Gasteiger partial charge >= 0.3 is 6.09 Å². The van der Waals surface area contributed by atoms with E-state index in [1.807, 2.05) is 31.9 Å². The maximum atomic E-state index is 12.2. The molecule has 124 valence electrons. The quantitative estimate of drug-likeness (QED) is 0.897. The molecule has 0 radical (unpaired) electrons. The van der Waals surface area contributed by atoms with Gasteiger partial charge in [0.1, 0.15) is 11.4 Å². The predicted octanol–water partition coefficient (Wildman–Crippen LogP) is 2.54. The van der Waals surface area contributed by atoms with E-state index in [1.165, 1.54) is 0 Å². The topological polar surface area (TPSA) is 70.2 Å². The number of hydrogen-bond acceptors (Lipinski definition) is 4. The number of carbonyl (C=O) groups excluding carboxylic acids is 1. The van der Waals surface area contributed by atoms with Gasteiger partial charge in [-0.15, -0.1) is 0 Å². The summed E-state index contributed by atoms with van der Waals surface area (Å²) in [6.45, 7) is 11.0. The summed E-state index contributed by atoms with van der Waals surface area (Å²) < 4.78 is 5.49. The first-order valence-corrected chi connectivity index (χ1v) is 7.94. The highest BCUT2D eigenvalue weighted by Gasteiger charge is 2.34. The van der Waals surface area contributed by atoms with Gasteiger partial charge in [-0.05, 0) is 39.0 Å². The molecule has 2 heterocycles. The van der Waals surface area contributed by atoms with Crippen molar-refractivity contribution < 1.29 is 9.53 Å². The second-order valence-electron chi connectivity index (χ2n) is 7.46. The standard InChI is InChI=1S/C16H28N4O2/c1-15(2,3)22-14(21)20-9-5-6-16(4,12-20)11-17-10-13-18-7-8-19-13/h7-8,17H,5-6,9-12H2,1-4H3,(H,18,19). The summed E-state index contributed by atoms with van der Waals surface area (Å²) in [5.41, 5.74) is -0.371. The summed E-state index contributed by atoms with van der Waals surface area (Å²) in [7, 11) is 0. The zero-order valence-electron chi connectivity index (χ0n) is 14.1. The Kier molecular flexibility index (Phi) is 5.11. The number of H-pyrrole nitrogens is 1. The molecular formula is C16H28N4O2. The SMILES string of the molecule is CC1(CNCc2ncc[nH]2)CCCN(C(=O)OC(C)(C)C)C1. The molecular weight excluding hydrogens is 280 g/mol. The first-order valence-electron chi connectivity index (χ1n) is 7.94. The molecule has 1 saturated heterocycles. The smallest absolute Gasteiger partial charge is 0.410 e. The van der Waals surface area contributed by atoms with Crippen LogP contribution in [0.3, 0.4) is 0 Å². The minimum absolute atomic E-state index is 0.0712. The molecule has 6 nitrogen and oxygen atoms in total. The zero-order chi connectivity index (χ0) is 16.2. The lowest BCUT2D eigenvalue weighted by molar-refractivity contribution is 0.00673. The molecule has 6 heteroatoms. The van der Waals surface area contributed by atoms with Gasteiger partial charge in [-0.3, -0.25) is 0 Å². The molecule has 22 heavy (non-hydrogen) atoms. The van der Waals surface area contributed by atoms with Crippen LogP contribution in [0.2, 0.25) is 0 Å². The minimum Gasteiger partial charge on any atom is -0.444 e. The highest BCUT2D eigenvalue weighted by molar-refractivity contribution is 5.68. The highest BCUT2D eigenvalue weighted by Crippen LogP contribution is 2.29. The van der Waals surface area contributed by atoms with E-state index in [0.717, 1.165) is 44.8 Å². The van der Waals surface area contributed by atoms with E-state index in [0.29, 0.717) is 0 Å². The van der Waals surface area contributed by atoms with E-state index < -0.39 is 5.60 Å². The largest absolute Gasteiger partial charge is 0.444 e. The molecule has 1 aromatic rings. The zero-order valence-corrected chi connectivity index (χ0v) is 14.1. The molecule has 0 aliphatic carbocycles. The van der Waals surface area contributed by atoms with E-state index in [1.54, 1.807) is 6.20 Å². The van der Waals surface area contributed by atoms with Crippen molar-refractivity contribution in [3.63, 3.8) is 0 Å². The summed E-state index contributed by atoms with van der Waals surface area (Å²) in [4.78, 5) is 21.4. The number of aromatic amines is 1. The molecule has 1 aliphatic rings. The molecule has 0 spiro atoms. The van der Waals surface area contributed by atoms with Crippen molar-refractivity contribution in [1.82, 2.24) is 20.2 Å². The molecule has 1 aromatic heterocycles. The number of imidazole rings is 1. The van der Waals surface area contributed by atoms with E-state index >= 15 is 0 Å². The lowest BCUT2D eigenvalue weighted by Crippen LogP contribution is -2.50. The van der Waals surface area contributed by atoms with Gasteiger partial charge in [-0.25, -0.2) is 9.78 Å². The number of carbonyl (C=O) groups is 1. The molecule has 1 fully saturated rings. The van der Waals surface area contributed by atoms with Crippen LogP contribution in [-0.2, 0) is 11.3 Å². The molecule has 0 aromatic carbocycles. The summed E-state index contributed by atoms with van der Waals surface area (Å²) in [6.07, 6.45) is 5.49. The number of aromatic nitrogens is 2. The first kappa shape index (κ1) is 16.8. The van der Waals surface area contributed by atoms with Gasteiger partial charge in [-0.2, -0.15) is 0 Å². The van der Waals surface area contributed by atoms with Gasteiger partial charge in [0.25, 0.3) is 0 Å². The molecule has 0 bridgehead atoms. The number of hydrogen-bond donors (Lipinski definition) is 2. The van der Waals surface area contributed by atoms with Crippen LogP contribution in [0.5, 0.6) is 0 Å². The lowest BCUT2D eigenvalue weighted by Gasteiger charge is -2.41. The molecule has 0 saturated carbocycles. The van der Waals surface area contributed by atoms with Crippen molar-refractivity contribution in [3.05, 3.63) is 18.2 Å². The fraction of sp³-hybridized carbons (Fsp3) is 0.750. The average Bonchev–Trinajstić information content (AvgIpc) is 2.90. The number of rotatable bonds is 4. The summed E-state index contributed by atoms with van der Waals surface area (Å²) >= 11 is 0. The van der Waals surface area contributed by atoms with Gasteiger partial charge in [0.05, 0.1) is 6.54 Å². The van der Waals surface area contributed by atoms with Crippen LogP contribution in [0.15, 0.2) is 12.4 Å². The Morgan fingerprint density at radius 3 is 2.95 bits per heavy atom. The van der Waals surface area contributed by atoms with Gasteiger partial charge in [-0.1, -0.05) is 6.92 Å². The molecule has 1 unspecified atom stereocenters. The Bertz CT molecular complexity index is 481. The molecule has 1 aliphatic heterocycles. The van der Waals surface area contributed by atoms with Crippen LogP contribution in [0.25, 0.3) is 0 Å². The van der Waals surface area contributed by atoms with Crippen LogP contribution in [-0.4, -0.2) is 46.2 Å². The van der Waals surface area contributed by atoms with Gasteiger partial charge in [0, 0.05) is 32.0 Å². The van der Waals surface area contributed by atoms with Crippen molar-refractivity contribution in [2.24, 2.45) is 5.41 Å². The van der Waals surface area contributed by atoms with Gasteiger partial charge in [0.2, 0.25) is 0 Å². The Labute approximate surface area is 132 Å². The Morgan fingerprint density at radius 1 is 1.55 bits per heavy atom. The van der Waals surface area contributed by atoms with Crippen molar-refractivity contribution in [2.75, 3.05) is 19.6 Å². The summed E-state index contributed by atoms with van der Waals surface area (Å²) in [5.74, 6) is 0.934. The Balaban J connectivity index is 1.84. The number of likely N-dealkylation sites (tertiary alicyclic amines) is 1. The normalized spacial score (nSPS) is 22.6. The first-order chi connectivity index (χ1) is 10.3. The summed E-state index contributed by atoms with van der Waals surface area (Å²) in [5, 5.41) is 3.43.